The molecule has 0 saturated carbocycles. The third-order valence-electron chi connectivity index (χ3n) is 4.99. The highest BCUT2D eigenvalue weighted by Gasteiger charge is 2.30. The summed E-state index contributed by atoms with van der Waals surface area (Å²) in [6.07, 6.45) is 0. The highest BCUT2D eigenvalue weighted by Crippen LogP contribution is 2.27. The van der Waals surface area contributed by atoms with E-state index in [1.54, 1.807) is 24.1 Å². The van der Waals surface area contributed by atoms with E-state index in [0.29, 0.717) is 34.2 Å². The summed E-state index contributed by atoms with van der Waals surface area (Å²) in [5, 5.41) is 2.81. The van der Waals surface area contributed by atoms with Gasteiger partial charge in [-0.15, -0.1) is 0 Å². The molecule has 3 aromatic rings. The largest absolute Gasteiger partial charge is 0.306 e. The number of amidine groups is 2. The van der Waals surface area contributed by atoms with Gasteiger partial charge in [0.2, 0.25) is 0 Å². The zero-order valence-electron chi connectivity index (χ0n) is 15.6. The molecule has 0 bridgehead atoms. The van der Waals surface area contributed by atoms with Gasteiger partial charge in [0.25, 0.3) is 11.8 Å². The van der Waals surface area contributed by atoms with E-state index in [9.17, 15) is 9.59 Å². The molecule has 0 fully saturated rings. The van der Waals surface area contributed by atoms with Crippen LogP contribution >= 0.6 is 0 Å². The summed E-state index contributed by atoms with van der Waals surface area (Å²) in [5.74, 6) is 0.906. The topological polar surface area (TPSA) is 74.1 Å². The van der Waals surface area contributed by atoms with Crippen molar-refractivity contribution in [3.8, 4) is 0 Å². The van der Waals surface area contributed by atoms with Gasteiger partial charge in [0, 0.05) is 18.2 Å². The zero-order valence-corrected chi connectivity index (χ0v) is 15.6. The van der Waals surface area contributed by atoms with Crippen LogP contribution in [-0.2, 0) is 0 Å². The van der Waals surface area contributed by atoms with Crippen molar-refractivity contribution in [2.45, 2.75) is 0 Å². The van der Waals surface area contributed by atoms with Crippen LogP contribution in [0.3, 0.4) is 0 Å². The molecular weight excluding hydrogens is 364 g/mol. The van der Waals surface area contributed by atoms with Crippen LogP contribution in [0.25, 0.3) is 0 Å². The minimum Gasteiger partial charge on any atom is -0.306 e. The van der Waals surface area contributed by atoms with Crippen LogP contribution in [0.5, 0.6) is 0 Å². The smallest absolute Gasteiger partial charge is 0.259 e. The minimum atomic E-state index is -0.154. The first-order valence-electron chi connectivity index (χ1n) is 9.17. The normalized spacial score (nSPS) is 17.6. The summed E-state index contributed by atoms with van der Waals surface area (Å²) in [4.78, 5) is 35.4. The van der Waals surface area contributed by atoms with Gasteiger partial charge in [-0.3, -0.25) is 14.5 Å². The second kappa shape index (κ2) is 6.53. The summed E-state index contributed by atoms with van der Waals surface area (Å²) in [6.45, 7) is 0. The minimum absolute atomic E-state index is 0.0685. The Morgan fingerprint density at radius 1 is 0.724 bits per heavy atom. The second-order valence-electron chi connectivity index (χ2n) is 6.83. The molecule has 0 radical (unpaired) electrons. The Morgan fingerprint density at radius 3 is 2.10 bits per heavy atom. The lowest BCUT2D eigenvalue weighted by Crippen LogP contribution is -2.25. The Balaban J connectivity index is 1.53. The number of hydrogen-bond donors (Lipinski definition) is 1. The highest BCUT2D eigenvalue weighted by molar-refractivity contribution is 6.24. The molecule has 0 atom stereocenters. The van der Waals surface area contributed by atoms with E-state index < -0.39 is 0 Å². The van der Waals surface area contributed by atoms with E-state index in [-0.39, 0.29) is 11.8 Å². The maximum absolute atomic E-state index is 12.4. The number of fused-ring (bicyclic) bond motifs is 2. The summed E-state index contributed by atoms with van der Waals surface area (Å²) in [6, 6.07) is 22.2. The molecule has 2 aliphatic rings. The van der Waals surface area contributed by atoms with E-state index in [0.717, 1.165) is 11.1 Å². The standard InChI is InChI=1S/C23H16N4O2/c1-27-21(17-10-3-5-12-19(17)23(27)29)25-15-8-6-7-14(13-15)24-20-16-9-2-4-11-18(16)22(28)26-20/h2-13H,1H3,(H,24,26,28). The van der Waals surface area contributed by atoms with Gasteiger partial charge in [-0.2, -0.15) is 0 Å². The number of carbonyl (C=O) groups is 2. The Labute approximate surface area is 167 Å². The van der Waals surface area contributed by atoms with E-state index in [4.69, 9.17) is 4.99 Å². The molecule has 2 heterocycles. The van der Waals surface area contributed by atoms with Gasteiger partial charge in [0.15, 0.2) is 0 Å². The van der Waals surface area contributed by atoms with Crippen LogP contribution in [-0.4, -0.2) is 35.4 Å². The first-order chi connectivity index (χ1) is 14.1. The van der Waals surface area contributed by atoms with Crippen molar-refractivity contribution >= 4 is 34.9 Å². The Hall–Kier alpha value is -4.06. The second-order valence-corrected chi connectivity index (χ2v) is 6.83. The first kappa shape index (κ1) is 17.1. The molecule has 0 unspecified atom stereocenters. The monoisotopic (exact) mass is 380 g/mol. The lowest BCUT2D eigenvalue weighted by atomic mass is 10.1. The molecule has 2 amide bonds. The predicted octanol–water partition coefficient (Wildman–Crippen LogP) is 3.67. The van der Waals surface area contributed by atoms with Crippen LogP contribution in [0, 0.1) is 0 Å². The lowest BCUT2D eigenvalue weighted by Gasteiger charge is -2.10. The van der Waals surface area contributed by atoms with Crippen molar-refractivity contribution < 1.29 is 9.59 Å². The molecule has 6 nitrogen and oxygen atoms in total. The quantitative estimate of drug-likeness (QED) is 0.737. The first-order valence-corrected chi connectivity index (χ1v) is 9.17. The average Bonchev–Trinajstić information content (AvgIpc) is 3.18. The molecule has 6 heteroatoms. The fraction of sp³-hybridized carbons (Fsp3) is 0.0435. The Bertz CT molecular complexity index is 1240. The van der Waals surface area contributed by atoms with E-state index >= 15 is 0 Å². The van der Waals surface area contributed by atoms with Crippen LogP contribution in [0.1, 0.15) is 31.8 Å². The summed E-state index contributed by atoms with van der Waals surface area (Å²) < 4.78 is 0. The van der Waals surface area contributed by atoms with Gasteiger partial charge < -0.3 is 5.32 Å². The number of aliphatic imine (C=N–C) groups is 2. The van der Waals surface area contributed by atoms with Crippen LogP contribution in [0.2, 0.25) is 0 Å². The van der Waals surface area contributed by atoms with Crippen molar-refractivity contribution in [1.29, 1.82) is 0 Å². The van der Waals surface area contributed by atoms with Crippen molar-refractivity contribution in [2.75, 3.05) is 7.05 Å². The zero-order chi connectivity index (χ0) is 20.0. The molecule has 2 aliphatic heterocycles. The molecular formula is C23H16N4O2. The van der Waals surface area contributed by atoms with Crippen LogP contribution < -0.4 is 5.32 Å². The van der Waals surface area contributed by atoms with Gasteiger partial charge >= 0.3 is 0 Å². The van der Waals surface area contributed by atoms with Crippen LogP contribution in [0.15, 0.2) is 82.8 Å². The van der Waals surface area contributed by atoms with Gasteiger partial charge in [-0.1, -0.05) is 42.5 Å². The van der Waals surface area contributed by atoms with Crippen molar-refractivity contribution in [3.63, 3.8) is 0 Å². The molecule has 0 spiro atoms. The molecule has 0 aromatic heterocycles. The van der Waals surface area contributed by atoms with Crippen molar-refractivity contribution in [1.82, 2.24) is 10.2 Å². The third kappa shape index (κ3) is 2.82. The summed E-state index contributed by atoms with van der Waals surface area (Å²) in [7, 11) is 1.72. The Morgan fingerprint density at radius 2 is 1.34 bits per heavy atom. The number of carbonyl (C=O) groups excluding carboxylic acids is 2. The lowest BCUT2D eigenvalue weighted by molar-refractivity contribution is 0.0882. The van der Waals surface area contributed by atoms with Gasteiger partial charge in [-0.25, -0.2) is 9.98 Å². The number of nitrogens with zero attached hydrogens (tertiary/aromatic N) is 3. The maximum atomic E-state index is 12.4. The van der Waals surface area contributed by atoms with Gasteiger partial charge in [0.05, 0.1) is 22.5 Å². The van der Waals surface area contributed by atoms with Crippen molar-refractivity contribution in [3.05, 3.63) is 95.1 Å². The SMILES string of the molecule is CN1C(=O)c2ccccc2C1=Nc1cccc(N=C2NC(=O)c3ccccc32)c1. The van der Waals surface area contributed by atoms with Crippen molar-refractivity contribution in [2.24, 2.45) is 9.98 Å². The fourth-order valence-corrected chi connectivity index (χ4v) is 3.56. The molecule has 0 aliphatic carbocycles. The average molecular weight is 380 g/mol. The van der Waals surface area contributed by atoms with Gasteiger partial charge in [0.1, 0.15) is 11.7 Å². The predicted molar refractivity (Wildman–Crippen MR) is 111 cm³/mol. The number of hydrogen-bond acceptors (Lipinski definition) is 4. The molecule has 0 saturated heterocycles. The summed E-state index contributed by atoms with van der Waals surface area (Å²) >= 11 is 0. The highest BCUT2D eigenvalue weighted by atomic mass is 16.2. The molecule has 1 N–H and O–H groups in total. The number of nitrogens with one attached hydrogen (secondary N) is 1. The maximum Gasteiger partial charge on any atom is 0.259 e. The Kier molecular flexibility index (Phi) is 3.84. The molecule has 3 aromatic carbocycles. The number of amides is 2. The summed E-state index contributed by atoms with van der Waals surface area (Å²) in [5.41, 5.74) is 4.20. The third-order valence-corrected chi connectivity index (χ3v) is 4.99. The van der Waals surface area contributed by atoms with Crippen LogP contribution in [0.4, 0.5) is 11.4 Å². The van der Waals surface area contributed by atoms with Gasteiger partial charge in [-0.05, 0) is 30.3 Å². The van der Waals surface area contributed by atoms with E-state index in [1.807, 2.05) is 60.7 Å². The number of benzene rings is 3. The number of rotatable bonds is 2. The fourth-order valence-electron chi connectivity index (χ4n) is 3.56. The molecule has 29 heavy (non-hydrogen) atoms. The molecule has 140 valence electrons. The van der Waals surface area contributed by atoms with E-state index in [2.05, 4.69) is 10.3 Å². The molecule has 5 rings (SSSR count). The van der Waals surface area contributed by atoms with E-state index in [1.165, 1.54) is 0 Å².